The van der Waals surface area contributed by atoms with Crippen LogP contribution in [-0.2, 0) is 23.0 Å². The maximum atomic E-state index is 12.2. The largest absolute Gasteiger partial charge is 0.326 e. The van der Waals surface area contributed by atoms with Gasteiger partial charge in [0.1, 0.15) is 4.21 Å². The van der Waals surface area contributed by atoms with Gasteiger partial charge in [-0.3, -0.25) is 0 Å². The van der Waals surface area contributed by atoms with Crippen LogP contribution in [0.5, 0.6) is 0 Å². The summed E-state index contributed by atoms with van der Waals surface area (Å²) in [6.07, 6.45) is 0.692. The van der Waals surface area contributed by atoms with Crippen LogP contribution in [0.15, 0.2) is 33.2 Å². The molecule has 0 bridgehead atoms. The molecule has 1 unspecified atom stereocenters. The van der Waals surface area contributed by atoms with Gasteiger partial charge in [-0.2, -0.15) is 11.3 Å². The van der Waals surface area contributed by atoms with Gasteiger partial charge in [0.15, 0.2) is 0 Å². The maximum absolute atomic E-state index is 12.2. The molecule has 0 aliphatic heterocycles. The third-order valence-electron chi connectivity index (χ3n) is 2.58. The van der Waals surface area contributed by atoms with Crippen LogP contribution < -0.4 is 10.5 Å². The molecule has 2 aromatic rings. The lowest BCUT2D eigenvalue weighted by Crippen LogP contribution is -2.33. The van der Waals surface area contributed by atoms with E-state index in [4.69, 9.17) is 5.73 Å². The van der Waals surface area contributed by atoms with E-state index in [2.05, 4.69) is 4.72 Å². The molecule has 0 aliphatic carbocycles. The van der Waals surface area contributed by atoms with Crippen LogP contribution in [0.2, 0.25) is 0 Å². The smallest absolute Gasteiger partial charge is 0.250 e. The molecule has 0 fully saturated rings. The molecule has 0 amide bonds. The Morgan fingerprint density at radius 1 is 1.37 bits per heavy atom. The number of thiophene rings is 2. The van der Waals surface area contributed by atoms with E-state index >= 15 is 0 Å². The summed E-state index contributed by atoms with van der Waals surface area (Å²) in [6.45, 7) is 2.23. The first-order chi connectivity index (χ1) is 9.01. The van der Waals surface area contributed by atoms with E-state index in [9.17, 15) is 8.42 Å². The first kappa shape index (κ1) is 14.7. The van der Waals surface area contributed by atoms with E-state index in [1.807, 2.05) is 23.8 Å². The second-order valence-electron chi connectivity index (χ2n) is 4.28. The van der Waals surface area contributed by atoms with E-state index in [0.29, 0.717) is 17.2 Å². The SMILES string of the molecule is CC(Cc1ccsc1)NS(=O)(=O)c1ccc(CN)s1. The minimum absolute atomic E-state index is 0.136. The van der Waals surface area contributed by atoms with Gasteiger partial charge in [-0.15, -0.1) is 11.3 Å². The van der Waals surface area contributed by atoms with Crippen LogP contribution in [-0.4, -0.2) is 14.5 Å². The van der Waals surface area contributed by atoms with Gasteiger partial charge in [0.2, 0.25) is 10.0 Å². The fraction of sp³-hybridized carbons (Fsp3) is 0.333. The second-order valence-corrected chi connectivity index (χ2v) is 8.17. The highest BCUT2D eigenvalue weighted by Gasteiger charge is 2.19. The molecule has 104 valence electrons. The predicted octanol–water partition coefficient (Wildman–Crippen LogP) is 2.18. The Labute approximate surface area is 121 Å². The summed E-state index contributed by atoms with van der Waals surface area (Å²) in [6, 6.07) is 5.23. The van der Waals surface area contributed by atoms with Gasteiger partial charge in [-0.1, -0.05) is 0 Å². The molecule has 0 saturated heterocycles. The standard InChI is InChI=1S/C12H16N2O2S3/c1-9(6-10-4-5-17-8-10)14-19(15,16)12-3-2-11(7-13)18-12/h2-5,8-9,14H,6-7,13H2,1H3. The van der Waals surface area contributed by atoms with Gasteiger partial charge in [0.25, 0.3) is 0 Å². The molecule has 2 aromatic heterocycles. The normalized spacial score (nSPS) is 13.6. The molecule has 0 radical (unpaired) electrons. The van der Waals surface area contributed by atoms with Crippen molar-refractivity contribution in [1.82, 2.24) is 4.72 Å². The predicted molar refractivity (Wildman–Crippen MR) is 80.0 cm³/mol. The Hall–Kier alpha value is -0.730. The molecule has 19 heavy (non-hydrogen) atoms. The minimum atomic E-state index is -3.44. The van der Waals surface area contributed by atoms with Gasteiger partial charge in [0, 0.05) is 17.5 Å². The molecule has 3 N–H and O–H groups in total. The molecule has 0 spiro atoms. The molecule has 1 atom stereocenters. The van der Waals surface area contributed by atoms with Crippen molar-refractivity contribution in [1.29, 1.82) is 0 Å². The van der Waals surface area contributed by atoms with Crippen molar-refractivity contribution in [3.05, 3.63) is 39.4 Å². The summed E-state index contributed by atoms with van der Waals surface area (Å²) in [5, 5.41) is 4.02. The average molecular weight is 316 g/mol. The minimum Gasteiger partial charge on any atom is -0.326 e. The molecule has 4 nitrogen and oxygen atoms in total. The van der Waals surface area contributed by atoms with Crippen molar-refractivity contribution in [2.45, 2.75) is 30.1 Å². The van der Waals surface area contributed by atoms with Crippen molar-refractivity contribution in [3.8, 4) is 0 Å². The molecular weight excluding hydrogens is 300 g/mol. The van der Waals surface area contributed by atoms with Gasteiger partial charge >= 0.3 is 0 Å². The van der Waals surface area contributed by atoms with Crippen molar-refractivity contribution in [2.24, 2.45) is 5.73 Å². The van der Waals surface area contributed by atoms with Crippen LogP contribution in [0.3, 0.4) is 0 Å². The fourth-order valence-electron chi connectivity index (χ4n) is 1.74. The fourth-order valence-corrected chi connectivity index (χ4v) is 4.92. The lowest BCUT2D eigenvalue weighted by atomic mass is 10.1. The highest BCUT2D eigenvalue weighted by Crippen LogP contribution is 2.21. The summed E-state index contributed by atoms with van der Waals surface area (Å²) >= 11 is 2.83. The van der Waals surface area contributed by atoms with Crippen LogP contribution in [0.1, 0.15) is 17.4 Å². The average Bonchev–Trinajstić information content (AvgIpc) is 2.97. The lowest BCUT2D eigenvalue weighted by molar-refractivity contribution is 0.562. The summed E-state index contributed by atoms with van der Waals surface area (Å²) in [5.41, 5.74) is 6.64. The number of sulfonamides is 1. The Morgan fingerprint density at radius 2 is 2.16 bits per heavy atom. The van der Waals surface area contributed by atoms with Crippen LogP contribution in [0.4, 0.5) is 0 Å². The summed E-state index contributed by atoms with van der Waals surface area (Å²) in [5.74, 6) is 0. The second kappa shape index (κ2) is 6.15. The molecule has 2 rings (SSSR count). The number of rotatable bonds is 6. The molecule has 2 heterocycles. The maximum Gasteiger partial charge on any atom is 0.250 e. The highest BCUT2D eigenvalue weighted by atomic mass is 32.2. The third-order valence-corrected chi connectivity index (χ3v) is 6.50. The first-order valence-corrected chi connectivity index (χ1v) is 9.07. The third kappa shape index (κ3) is 3.87. The summed E-state index contributed by atoms with van der Waals surface area (Å²) in [7, 11) is -3.44. The van der Waals surface area contributed by atoms with E-state index < -0.39 is 10.0 Å². The van der Waals surface area contributed by atoms with E-state index in [1.165, 1.54) is 11.3 Å². The first-order valence-electron chi connectivity index (χ1n) is 5.83. The molecule has 7 heteroatoms. The van der Waals surface area contributed by atoms with Crippen molar-refractivity contribution < 1.29 is 8.42 Å². The number of nitrogens with one attached hydrogen (secondary N) is 1. The van der Waals surface area contributed by atoms with Crippen LogP contribution in [0.25, 0.3) is 0 Å². The van der Waals surface area contributed by atoms with Gasteiger partial charge in [-0.05, 0) is 47.9 Å². The zero-order valence-electron chi connectivity index (χ0n) is 10.5. The highest BCUT2D eigenvalue weighted by molar-refractivity contribution is 7.91. The molecule has 0 saturated carbocycles. The van der Waals surface area contributed by atoms with Crippen LogP contribution >= 0.6 is 22.7 Å². The lowest BCUT2D eigenvalue weighted by Gasteiger charge is -2.12. The Kier molecular flexibility index (Phi) is 4.75. The molecule has 0 aromatic carbocycles. The number of nitrogens with two attached hydrogens (primary N) is 1. The quantitative estimate of drug-likeness (QED) is 0.858. The van der Waals surface area contributed by atoms with E-state index in [0.717, 1.165) is 10.4 Å². The molecule has 0 aliphatic rings. The number of hydrogen-bond acceptors (Lipinski definition) is 5. The molecular formula is C12H16N2O2S3. The van der Waals surface area contributed by atoms with Crippen LogP contribution in [0, 0.1) is 0 Å². The summed E-state index contributed by atoms with van der Waals surface area (Å²) < 4.78 is 27.3. The van der Waals surface area contributed by atoms with Crippen molar-refractivity contribution in [2.75, 3.05) is 0 Å². The Bertz CT molecular complexity index is 617. The zero-order chi connectivity index (χ0) is 13.9. The van der Waals surface area contributed by atoms with Gasteiger partial charge in [0.05, 0.1) is 0 Å². The Morgan fingerprint density at radius 3 is 2.74 bits per heavy atom. The summed E-state index contributed by atoms with van der Waals surface area (Å²) in [4.78, 5) is 0.867. The number of hydrogen-bond donors (Lipinski definition) is 2. The Balaban J connectivity index is 2.04. The van der Waals surface area contributed by atoms with Crippen molar-refractivity contribution in [3.63, 3.8) is 0 Å². The van der Waals surface area contributed by atoms with E-state index in [1.54, 1.807) is 23.5 Å². The van der Waals surface area contributed by atoms with E-state index in [-0.39, 0.29) is 6.04 Å². The van der Waals surface area contributed by atoms with Gasteiger partial charge < -0.3 is 5.73 Å². The monoisotopic (exact) mass is 316 g/mol. The zero-order valence-corrected chi connectivity index (χ0v) is 12.9. The van der Waals surface area contributed by atoms with Crippen molar-refractivity contribution >= 4 is 32.7 Å². The topological polar surface area (TPSA) is 72.2 Å². The van der Waals surface area contributed by atoms with Gasteiger partial charge in [-0.25, -0.2) is 13.1 Å².